The molecule has 0 aliphatic carbocycles. The van der Waals surface area contributed by atoms with E-state index in [-0.39, 0.29) is 0 Å². The summed E-state index contributed by atoms with van der Waals surface area (Å²) < 4.78 is 0. The molecule has 0 saturated carbocycles. The number of nitrogens with one attached hydrogen (secondary N) is 1. The van der Waals surface area contributed by atoms with Gasteiger partial charge in [0.2, 0.25) is 0 Å². The van der Waals surface area contributed by atoms with Gasteiger partial charge < -0.3 is 5.32 Å². The molecular weight excluding hydrogens is 278 g/mol. The third-order valence-electron chi connectivity index (χ3n) is 3.19. The van der Waals surface area contributed by atoms with Crippen molar-refractivity contribution >= 4 is 28.8 Å². The van der Waals surface area contributed by atoms with Gasteiger partial charge in [0.05, 0.1) is 10.7 Å². The predicted octanol–water partition coefficient (Wildman–Crippen LogP) is 4.03. The van der Waals surface area contributed by atoms with E-state index in [4.69, 9.17) is 11.6 Å². The smallest absolute Gasteiger partial charge is 0.126 e. The van der Waals surface area contributed by atoms with Gasteiger partial charge in [-0.3, -0.25) is 4.90 Å². The van der Waals surface area contributed by atoms with Gasteiger partial charge in [0.15, 0.2) is 0 Å². The standard InChI is InChI=1S/C14H18ClN3S/c1-10(13-5-4-8-19-13)18(3)9-12-11(15)6-7-14(16-2)17-12/h4-8,10H,9H2,1-3H3,(H,16,17). The highest BCUT2D eigenvalue weighted by molar-refractivity contribution is 7.10. The number of hydrogen-bond donors (Lipinski definition) is 1. The van der Waals surface area contributed by atoms with Crippen LogP contribution in [0.25, 0.3) is 0 Å². The van der Waals surface area contributed by atoms with Crippen LogP contribution in [0.3, 0.4) is 0 Å². The Labute approximate surface area is 123 Å². The first-order valence-electron chi connectivity index (χ1n) is 6.18. The lowest BCUT2D eigenvalue weighted by Gasteiger charge is -2.24. The van der Waals surface area contributed by atoms with Gasteiger partial charge in [0.1, 0.15) is 5.82 Å². The molecule has 2 rings (SSSR count). The van der Waals surface area contributed by atoms with Crippen molar-refractivity contribution in [1.29, 1.82) is 0 Å². The Kier molecular flexibility index (Phi) is 4.80. The second kappa shape index (κ2) is 6.37. The van der Waals surface area contributed by atoms with Gasteiger partial charge in [-0.25, -0.2) is 4.98 Å². The Morgan fingerprint density at radius 3 is 2.84 bits per heavy atom. The molecule has 102 valence electrons. The van der Waals surface area contributed by atoms with Crippen LogP contribution in [0, 0.1) is 0 Å². The maximum atomic E-state index is 6.21. The third kappa shape index (κ3) is 3.47. The molecule has 0 aliphatic rings. The van der Waals surface area contributed by atoms with Crippen LogP contribution in [0.5, 0.6) is 0 Å². The van der Waals surface area contributed by atoms with Crippen molar-refractivity contribution in [2.24, 2.45) is 0 Å². The van der Waals surface area contributed by atoms with Crippen molar-refractivity contribution in [3.05, 3.63) is 45.2 Å². The lowest BCUT2D eigenvalue weighted by molar-refractivity contribution is 0.253. The summed E-state index contributed by atoms with van der Waals surface area (Å²) >= 11 is 7.99. The highest BCUT2D eigenvalue weighted by atomic mass is 35.5. The molecule has 0 fully saturated rings. The fourth-order valence-corrected chi connectivity index (χ4v) is 2.87. The van der Waals surface area contributed by atoms with Crippen LogP contribution >= 0.6 is 22.9 Å². The van der Waals surface area contributed by atoms with Crippen LogP contribution < -0.4 is 5.32 Å². The summed E-state index contributed by atoms with van der Waals surface area (Å²) in [6.45, 7) is 2.93. The molecular formula is C14H18ClN3S. The van der Waals surface area contributed by atoms with Gasteiger partial charge in [0, 0.05) is 24.5 Å². The number of hydrogen-bond acceptors (Lipinski definition) is 4. The topological polar surface area (TPSA) is 28.2 Å². The Balaban J connectivity index is 2.12. The molecule has 19 heavy (non-hydrogen) atoms. The zero-order valence-electron chi connectivity index (χ0n) is 11.4. The minimum Gasteiger partial charge on any atom is -0.373 e. The van der Waals surface area contributed by atoms with Crippen molar-refractivity contribution in [3.8, 4) is 0 Å². The summed E-state index contributed by atoms with van der Waals surface area (Å²) in [6, 6.07) is 8.37. The molecule has 0 aliphatic heterocycles. The molecule has 1 unspecified atom stereocenters. The third-order valence-corrected chi connectivity index (χ3v) is 4.58. The number of nitrogens with zero attached hydrogens (tertiary/aromatic N) is 2. The first-order chi connectivity index (χ1) is 9.11. The van der Waals surface area contributed by atoms with E-state index in [9.17, 15) is 0 Å². The molecule has 5 heteroatoms. The van der Waals surface area contributed by atoms with Gasteiger partial charge in [-0.1, -0.05) is 17.7 Å². The van der Waals surface area contributed by atoms with E-state index in [1.54, 1.807) is 11.3 Å². The molecule has 2 aromatic rings. The minimum absolute atomic E-state index is 0.358. The summed E-state index contributed by atoms with van der Waals surface area (Å²) in [5.74, 6) is 0.844. The molecule has 0 spiro atoms. The Morgan fingerprint density at radius 2 is 2.21 bits per heavy atom. The van der Waals surface area contributed by atoms with E-state index >= 15 is 0 Å². The second-order valence-electron chi connectivity index (χ2n) is 4.48. The molecule has 3 nitrogen and oxygen atoms in total. The summed E-state index contributed by atoms with van der Waals surface area (Å²) in [7, 11) is 3.95. The second-order valence-corrected chi connectivity index (χ2v) is 5.87. The predicted molar refractivity (Wildman–Crippen MR) is 83.0 cm³/mol. The van der Waals surface area contributed by atoms with Crippen molar-refractivity contribution in [1.82, 2.24) is 9.88 Å². The Morgan fingerprint density at radius 1 is 1.42 bits per heavy atom. The zero-order valence-corrected chi connectivity index (χ0v) is 12.9. The number of rotatable bonds is 5. The lowest BCUT2D eigenvalue weighted by Crippen LogP contribution is -2.22. The van der Waals surface area contributed by atoms with Crippen LogP contribution in [-0.2, 0) is 6.54 Å². The van der Waals surface area contributed by atoms with E-state index < -0.39 is 0 Å². The first-order valence-corrected chi connectivity index (χ1v) is 7.44. The molecule has 0 amide bonds. The van der Waals surface area contributed by atoms with E-state index in [0.717, 1.165) is 18.1 Å². The molecule has 0 radical (unpaired) electrons. The fourth-order valence-electron chi connectivity index (χ4n) is 1.85. The SMILES string of the molecule is CNc1ccc(Cl)c(CN(C)C(C)c2cccs2)n1. The molecule has 1 N–H and O–H groups in total. The highest BCUT2D eigenvalue weighted by Gasteiger charge is 2.15. The van der Waals surface area contributed by atoms with Crippen LogP contribution in [0.2, 0.25) is 5.02 Å². The molecule has 2 heterocycles. The van der Waals surface area contributed by atoms with E-state index in [1.807, 2.05) is 19.2 Å². The van der Waals surface area contributed by atoms with Gasteiger partial charge in [-0.15, -0.1) is 11.3 Å². The maximum absolute atomic E-state index is 6.21. The van der Waals surface area contributed by atoms with Crippen LogP contribution in [-0.4, -0.2) is 24.0 Å². The number of halogens is 1. The number of thiophene rings is 1. The van der Waals surface area contributed by atoms with E-state index in [1.165, 1.54) is 4.88 Å². The van der Waals surface area contributed by atoms with Gasteiger partial charge >= 0.3 is 0 Å². The zero-order chi connectivity index (χ0) is 13.8. The summed E-state index contributed by atoms with van der Waals surface area (Å²) in [6.07, 6.45) is 0. The molecule has 0 saturated heterocycles. The summed E-state index contributed by atoms with van der Waals surface area (Å²) in [4.78, 5) is 8.11. The summed E-state index contributed by atoms with van der Waals surface area (Å²) in [5.41, 5.74) is 0.902. The Bertz CT molecular complexity index is 527. The number of aromatic nitrogens is 1. The van der Waals surface area contributed by atoms with Gasteiger partial charge in [-0.05, 0) is 37.6 Å². The van der Waals surface area contributed by atoms with E-state index in [0.29, 0.717) is 11.1 Å². The molecule has 0 bridgehead atoms. The van der Waals surface area contributed by atoms with Crippen molar-refractivity contribution in [2.75, 3.05) is 19.4 Å². The molecule has 0 aromatic carbocycles. The van der Waals surface area contributed by atoms with Crippen LogP contribution in [0.1, 0.15) is 23.5 Å². The lowest BCUT2D eigenvalue weighted by atomic mass is 10.2. The van der Waals surface area contributed by atoms with Crippen LogP contribution in [0.15, 0.2) is 29.6 Å². The van der Waals surface area contributed by atoms with Crippen molar-refractivity contribution < 1.29 is 0 Å². The van der Waals surface area contributed by atoms with Gasteiger partial charge in [-0.2, -0.15) is 0 Å². The Hall–Kier alpha value is -1.10. The quantitative estimate of drug-likeness (QED) is 0.902. The normalized spacial score (nSPS) is 12.7. The molecule has 1 atom stereocenters. The van der Waals surface area contributed by atoms with Crippen LogP contribution in [0.4, 0.5) is 5.82 Å². The fraction of sp³-hybridized carbons (Fsp3) is 0.357. The van der Waals surface area contributed by atoms with E-state index in [2.05, 4.69) is 46.7 Å². The molecule has 2 aromatic heterocycles. The summed E-state index contributed by atoms with van der Waals surface area (Å²) in [5, 5.41) is 5.85. The minimum atomic E-state index is 0.358. The average Bonchev–Trinajstić information content (AvgIpc) is 2.94. The monoisotopic (exact) mass is 295 g/mol. The highest BCUT2D eigenvalue weighted by Crippen LogP contribution is 2.26. The van der Waals surface area contributed by atoms with Crippen molar-refractivity contribution in [3.63, 3.8) is 0 Å². The van der Waals surface area contributed by atoms with Crippen molar-refractivity contribution in [2.45, 2.75) is 19.5 Å². The number of anilines is 1. The maximum Gasteiger partial charge on any atom is 0.126 e. The largest absolute Gasteiger partial charge is 0.373 e. The van der Waals surface area contributed by atoms with Gasteiger partial charge in [0.25, 0.3) is 0 Å². The average molecular weight is 296 g/mol. The number of pyridine rings is 1. The first kappa shape index (κ1) is 14.3.